The normalized spacial score (nSPS) is 11.1. The lowest BCUT2D eigenvalue weighted by atomic mass is 10.2. The predicted octanol–water partition coefficient (Wildman–Crippen LogP) is 3.98. The van der Waals surface area contributed by atoms with Gasteiger partial charge in [-0.2, -0.15) is 0 Å². The Labute approximate surface area is 167 Å². The Bertz CT molecular complexity index is 866. The fraction of sp³-hybridized carbons (Fsp3) is 0.316. The van der Waals surface area contributed by atoms with Crippen LogP contribution in [0.2, 0.25) is 5.02 Å². The van der Waals surface area contributed by atoms with Gasteiger partial charge in [0.1, 0.15) is 0 Å². The molecule has 2 heterocycles. The van der Waals surface area contributed by atoms with Crippen molar-refractivity contribution in [2.75, 3.05) is 13.1 Å². The van der Waals surface area contributed by atoms with E-state index in [1.165, 1.54) is 0 Å². The molecule has 3 aromatic rings. The largest absolute Gasteiger partial charge is 0.419 e. The Morgan fingerprint density at radius 3 is 2.85 bits per heavy atom. The van der Waals surface area contributed by atoms with Crippen molar-refractivity contribution in [2.24, 2.45) is 0 Å². The number of carbonyl (C=O) groups is 1. The SMILES string of the molecule is CCCN(CC(=O)NCc1cccs1)Cc1nnc(-c2ccccc2Cl)o1. The number of hydrogen-bond acceptors (Lipinski definition) is 6. The fourth-order valence-corrected chi connectivity index (χ4v) is 3.50. The quantitative estimate of drug-likeness (QED) is 0.584. The van der Waals surface area contributed by atoms with E-state index in [0.29, 0.717) is 35.5 Å². The summed E-state index contributed by atoms with van der Waals surface area (Å²) in [7, 11) is 0. The first-order valence-corrected chi connectivity index (χ1v) is 10.00. The summed E-state index contributed by atoms with van der Waals surface area (Å²) in [4.78, 5) is 15.4. The summed E-state index contributed by atoms with van der Waals surface area (Å²) >= 11 is 7.81. The lowest BCUT2D eigenvalue weighted by molar-refractivity contribution is -0.122. The number of thiophene rings is 1. The van der Waals surface area contributed by atoms with Crippen LogP contribution in [0.4, 0.5) is 0 Å². The average molecular weight is 405 g/mol. The molecule has 1 aromatic carbocycles. The zero-order valence-electron chi connectivity index (χ0n) is 15.0. The van der Waals surface area contributed by atoms with Gasteiger partial charge in [-0.25, -0.2) is 0 Å². The molecule has 3 rings (SSSR count). The highest BCUT2D eigenvalue weighted by molar-refractivity contribution is 7.09. The molecule has 0 atom stereocenters. The molecule has 142 valence electrons. The molecule has 0 unspecified atom stereocenters. The standard InChI is InChI=1S/C19H21ClN4O2S/c1-2-9-24(12-17(25)21-11-14-6-5-10-27-14)13-18-22-23-19(26-18)15-7-3-4-8-16(15)20/h3-8,10H,2,9,11-13H2,1H3,(H,21,25). The van der Waals surface area contributed by atoms with Gasteiger partial charge in [-0.15, -0.1) is 21.5 Å². The molecule has 2 aromatic heterocycles. The number of aromatic nitrogens is 2. The zero-order valence-corrected chi connectivity index (χ0v) is 16.6. The molecule has 0 aliphatic carbocycles. The average Bonchev–Trinajstić information content (AvgIpc) is 3.32. The topological polar surface area (TPSA) is 71.3 Å². The van der Waals surface area contributed by atoms with Gasteiger partial charge >= 0.3 is 0 Å². The van der Waals surface area contributed by atoms with E-state index in [-0.39, 0.29) is 12.5 Å². The summed E-state index contributed by atoms with van der Waals surface area (Å²) in [5, 5.41) is 13.7. The van der Waals surface area contributed by atoms with E-state index in [9.17, 15) is 4.79 Å². The lowest BCUT2D eigenvalue weighted by Gasteiger charge is -2.19. The van der Waals surface area contributed by atoms with Gasteiger partial charge in [0.2, 0.25) is 17.7 Å². The maximum absolute atomic E-state index is 12.3. The Hall–Kier alpha value is -2.22. The van der Waals surface area contributed by atoms with Gasteiger partial charge < -0.3 is 9.73 Å². The van der Waals surface area contributed by atoms with Gasteiger partial charge in [0.25, 0.3) is 0 Å². The first-order valence-electron chi connectivity index (χ1n) is 8.74. The van der Waals surface area contributed by atoms with E-state index in [0.717, 1.165) is 17.8 Å². The Kier molecular flexibility index (Phi) is 6.98. The maximum atomic E-state index is 12.3. The Morgan fingerprint density at radius 1 is 1.26 bits per heavy atom. The Morgan fingerprint density at radius 2 is 2.11 bits per heavy atom. The molecule has 8 heteroatoms. The molecule has 1 N–H and O–H groups in total. The number of carbonyl (C=O) groups excluding carboxylic acids is 1. The molecule has 0 fully saturated rings. The smallest absolute Gasteiger partial charge is 0.249 e. The van der Waals surface area contributed by atoms with Crippen LogP contribution in [0.5, 0.6) is 0 Å². The molecule has 0 saturated heterocycles. The van der Waals surface area contributed by atoms with Crippen LogP contribution in [0.25, 0.3) is 11.5 Å². The second kappa shape index (κ2) is 9.64. The minimum absolute atomic E-state index is 0.0253. The summed E-state index contributed by atoms with van der Waals surface area (Å²) in [5.41, 5.74) is 0.702. The van der Waals surface area contributed by atoms with Crippen molar-refractivity contribution < 1.29 is 9.21 Å². The summed E-state index contributed by atoms with van der Waals surface area (Å²) < 4.78 is 5.75. The van der Waals surface area contributed by atoms with E-state index >= 15 is 0 Å². The third-order valence-corrected chi connectivity index (χ3v) is 5.08. The zero-order chi connectivity index (χ0) is 19.1. The van der Waals surface area contributed by atoms with Crippen LogP contribution in [-0.2, 0) is 17.9 Å². The monoisotopic (exact) mass is 404 g/mol. The van der Waals surface area contributed by atoms with Gasteiger partial charge in [0.05, 0.1) is 30.2 Å². The first kappa shape index (κ1) is 19.5. The highest BCUT2D eigenvalue weighted by atomic mass is 35.5. The third-order valence-electron chi connectivity index (χ3n) is 3.88. The molecular weight excluding hydrogens is 384 g/mol. The second-order valence-electron chi connectivity index (χ2n) is 6.05. The molecule has 0 saturated carbocycles. The van der Waals surface area contributed by atoms with Gasteiger partial charge in [-0.05, 0) is 36.5 Å². The molecule has 0 aliphatic rings. The molecule has 0 bridgehead atoms. The molecule has 1 amide bonds. The number of nitrogens with one attached hydrogen (secondary N) is 1. The summed E-state index contributed by atoms with van der Waals surface area (Å²) in [5.74, 6) is 0.821. The highest BCUT2D eigenvalue weighted by Crippen LogP contribution is 2.26. The van der Waals surface area contributed by atoms with Crippen LogP contribution in [0.3, 0.4) is 0 Å². The van der Waals surface area contributed by atoms with Crippen molar-refractivity contribution >= 4 is 28.8 Å². The number of rotatable bonds is 9. The number of benzene rings is 1. The summed E-state index contributed by atoms with van der Waals surface area (Å²) in [6.45, 7) is 4.07. The third kappa shape index (κ3) is 5.63. The number of nitrogens with zero attached hydrogens (tertiary/aromatic N) is 3. The van der Waals surface area contributed by atoms with E-state index in [1.54, 1.807) is 17.4 Å². The maximum Gasteiger partial charge on any atom is 0.249 e. The molecular formula is C19H21ClN4O2S. The van der Waals surface area contributed by atoms with Crippen molar-refractivity contribution in [1.29, 1.82) is 0 Å². The lowest BCUT2D eigenvalue weighted by Crippen LogP contribution is -2.37. The fourth-order valence-electron chi connectivity index (χ4n) is 2.64. The van der Waals surface area contributed by atoms with Crippen molar-refractivity contribution in [3.05, 3.63) is 57.6 Å². The molecule has 6 nitrogen and oxygen atoms in total. The Balaban J connectivity index is 1.59. The first-order chi connectivity index (χ1) is 13.2. The van der Waals surface area contributed by atoms with Crippen molar-refractivity contribution in [3.63, 3.8) is 0 Å². The molecule has 27 heavy (non-hydrogen) atoms. The van der Waals surface area contributed by atoms with E-state index in [1.807, 2.05) is 40.6 Å². The van der Waals surface area contributed by atoms with E-state index in [4.69, 9.17) is 16.0 Å². The highest BCUT2D eigenvalue weighted by Gasteiger charge is 2.16. The van der Waals surface area contributed by atoms with Crippen molar-refractivity contribution in [1.82, 2.24) is 20.4 Å². The van der Waals surface area contributed by atoms with Crippen LogP contribution in [0.15, 0.2) is 46.2 Å². The van der Waals surface area contributed by atoms with Gasteiger partial charge in [-0.1, -0.05) is 36.7 Å². The number of amides is 1. The van der Waals surface area contributed by atoms with Crippen LogP contribution in [0.1, 0.15) is 24.1 Å². The second-order valence-corrected chi connectivity index (χ2v) is 7.49. The predicted molar refractivity (Wildman–Crippen MR) is 106 cm³/mol. The van der Waals surface area contributed by atoms with E-state index in [2.05, 4.69) is 22.4 Å². The summed E-state index contributed by atoms with van der Waals surface area (Å²) in [6.07, 6.45) is 0.920. The van der Waals surface area contributed by atoms with Crippen LogP contribution in [0, 0.1) is 0 Å². The van der Waals surface area contributed by atoms with Crippen molar-refractivity contribution in [2.45, 2.75) is 26.4 Å². The summed E-state index contributed by atoms with van der Waals surface area (Å²) in [6, 6.07) is 11.3. The minimum Gasteiger partial charge on any atom is -0.419 e. The number of halogens is 1. The number of hydrogen-bond donors (Lipinski definition) is 1. The van der Waals surface area contributed by atoms with Gasteiger partial charge in [0, 0.05) is 4.88 Å². The minimum atomic E-state index is -0.0253. The van der Waals surface area contributed by atoms with Crippen LogP contribution < -0.4 is 5.32 Å². The van der Waals surface area contributed by atoms with E-state index < -0.39 is 0 Å². The molecule has 0 spiro atoms. The van der Waals surface area contributed by atoms with Crippen molar-refractivity contribution in [3.8, 4) is 11.5 Å². The van der Waals surface area contributed by atoms with Gasteiger partial charge in [0.15, 0.2) is 0 Å². The van der Waals surface area contributed by atoms with Crippen LogP contribution >= 0.6 is 22.9 Å². The van der Waals surface area contributed by atoms with Crippen LogP contribution in [-0.4, -0.2) is 34.1 Å². The molecule has 0 radical (unpaired) electrons. The van der Waals surface area contributed by atoms with Gasteiger partial charge in [-0.3, -0.25) is 9.69 Å². The molecule has 0 aliphatic heterocycles.